The van der Waals surface area contributed by atoms with Crippen LogP contribution >= 0.6 is 0 Å². The summed E-state index contributed by atoms with van der Waals surface area (Å²) in [6.07, 6.45) is 0. The Hall–Kier alpha value is -2.44. The Morgan fingerprint density at radius 1 is 0.852 bits per heavy atom. The lowest BCUT2D eigenvalue weighted by atomic mass is 10.2. The fourth-order valence-corrected chi connectivity index (χ4v) is 3.19. The van der Waals surface area contributed by atoms with Gasteiger partial charge in [-0.15, -0.1) is 0 Å². The summed E-state index contributed by atoms with van der Waals surface area (Å²) in [5.74, 6) is -0.271. The van der Waals surface area contributed by atoms with Crippen LogP contribution in [0.4, 0.5) is 9.18 Å². The molecule has 0 saturated carbocycles. The van der Waals surface area contributed by atoms with Crippen molar-refractivity contribution in [2.45, 2.75) is 13.1 Å². The zero-order valence-corrected chi connectivity index (χ0v) is 15.5. The lowest BCUT2D eigenvalue weighted by molar-refractivity contribution is 0.128. The number of amides is 2. The standard InChI is InChI=1S/C21H27FN4O/c22-20-8-6-18(7-9-20)16-24-21(27)23-10-11-25-12-14-26(15-13-25)17-19-4-2-1-3-5-19/h1-9H,10-17H2,(H2,23,24,27). The first kappa shape index (κ1) is 19.3. The van der Waals surface area contributed by atoms with E-state index in [1.54, 1.807) is 12.1 Å². The Labute approximate surface area is 160 Å². The summed E-state index contributed by atoms with van der Waals surface area (Å²) in [6, 6.07) is 16.5. The molecule has 2 N–H and O–H groups in total. The van der Waals surface area contributed by atoms with Crippen LogP contribution < -0.4 is 10.6 Å². The van der Waals surface area contributed by atoms with E-state index in [2.05, 4.69) is 44.7 Å². The van der Waals surface area contributed by atoms with Crippen LogP contribution in [0.15, 0.2) is 54.6 Å². The van der Waals surface area contributed by atoms with Gasteiger partial charge in [-0.05, 0) is 23.3 Å². The molecule has 1 aliphatic rings. The number of halogens is 1. The van der Waals surface area contributed by atoms with E-state index >= 15 is 0 Å². The molecule has 0 aliphatic carbocycles. The Kier molecular flexibility index (Phi) is 7.19. The van der Waals surface area contributed by atoms with Crippen molar-refractivity contribution in [3.63, 3.8) is 0 Å². The highest BCUT2D eigenvalue weighted by molar-refractivity contribution is 5.73. The number of carbonyl (C=O) groups excluding carboxylic acids is 1. The molecule has 2 amide bonds. The molecule has 0 atom stereocenters. The topological polar surface area (TPSA) is 47.6 Å². The van der Waals surface area contributed by atoms with Crippen LogP contribution in [0.3, 0.4) is 0 Å². The molecule has 0 bridgehead atoms. The van der Waals surface area contributed by atoms with E-state index in [1.807, 2.05) is 6.07 Å². The van der Waals surface area contributed by atoms with E-state index in [9.17, 15) is 9.18 Å². The van der Waals surface area contributed by atoms with Crippen LogP contribution in [0.1, 0.15) is 11.1 Å². The number of hydrogen-bond acceptors (Lipinski definition) is 3. The van der Waals surface area contributed by atoms with Gasteiger partial charge in [-0.2, -0.15) is 0 Å². The third kappa shape index (κ3) is 6.66. The van der Waals surface area contributed by atoms with Crippen LogP contribution in [0.25, 0.3) is 0 Å². The van der Waals surface area contributed by atoms with Crippen molar-refractivity contribution in [2.75, 3.05) is 39.3 Å². The minimum Gasteiger partial charge on any atom is -0.337 e. The van der Waals surface area contributed by atoms with Gasteiger partial charge in [0.25, 0.3) is 0 Å². The fraction of sp³-hybridized carbons (Fsp3) is 0.381. The van der Waals surface area contributed by atoms with Crippen LogP contribution in [-0.2, 0) is 13.1 Å². The molecule has 5 nitrogen and oxygen atoms in total. The summed E-state index contributed by atoms with van der Waals surface area (Å²) in [6.45, 7) is 6.99. The second-order valence-electron chi connectivity index (χ2n) is 6.84. The van der Waals surface area contributed by atoms with Gasteiger partial charge in [0.15, 0.2) is 0 Å². The zero-order chi connectivity index (χ0) is 18.9. The van der Waals surface area contributed by atoms with E-state index in [1.165, 1.54) is 17.7 Å². The van der Waals surface area contributed by atoms with Crippen molar-refractivity contribution in [3.05, 3.63) is 71.5 Å². The number of hydrogen-bond donors (Lipinski definition) is 2. The Bertz CT molecular complexity index is 700. The summed E-state index contributed by atoms with van der Waals surface area (Å²) in [4.78, 5) is 16.7. The lowest BCUT2D eigenvalue weighted by Gasteiger charge is -2.34. The molecule has 144 valence electrons. The first-order valence-corrected chi connectivity index (χ1v) is 9.44. The molecule has 0 spiro atoms. The molecule has 1 saturated heterocycles. The molecule has 0 aromatic heterocycles. The Balaban J connectivity index is 1.27. The van der Waals surface area contributed by atoms with Gasteiger partial charge in [0.05, 0.1) is 0 Å². The second kappa shape index (κ2) is 10.0. The van der Waals surface area contributed by atoms with E-state index in [-0.39, 0.29) is 11.8 Å². The van der Waals surface area contributed by atoms with E-state index in [4.69, 9.17) is 0 Å². The minimum absolute atomic E-state index is 0.193. The molecule has 1 fully saturated rings. The van der Waals surface area contributed by atoms with Gasteiger partial charge in [0, 0.05) is 52.4 Å². The van der Waals surface area contributed by atoms with Gasteiger partial charge in [-0.3, -0.25) is 9.80 Å². The van der Waals surface area contributed by atoms with Crippen molar-refractivity contribution in [1.29, 1.82) is 0 Å². The predicted molar refractivity (Wildman–Crippen MR) is 105 cm³/mol. The number of piperazine rings is 1. The fourth-order valence-electron chi connectivity index (χ4n) is 3.19. The zero-order valence-electron chi connectivity index (χ0n) is 15.5. The van der Waals surface area contributed by atoms with Crippen LogP contribution in [0.5, 0.6) is 0 Å². The molecule has 1 aliphatic heterocycles. The molecular formula is C21H27FN4O. The summed E-state index contributed by atoms with van der Waals surface area (Å²) in [5.41, 5.74) is 2.23. The first-order chi connectivity index (χ1) is 13.2. The average Bonchev–Trinajstić information content (AvgIpc) is 2.70. The van der Waals surface area contributed by atoms with E-state index in [0.717, 1.165) is 44.8 Å². The molecule has 0 unspecified atom stereocenters. The molecule has 2 aromatic rings. The van der Waals surface area contributed by atoms with Crippen LogP contribution in [0.2, 0.25) is 0 Å². The van der Waals surface area contributed by atoms with Crippen LogP contribution in [-0.4, -0.2) is 55.1 Å². The van der Waals surface area contributed by atoms with E-state index in [0.29, 0.717) is 13.1 Å². The highest BCUT2D eigenvalue weighted by Crippen LogP contribution is 2.08. The average molecular weight is 370 g/mol. The third-order valence-electron chi connectivity index (χ3n) is 4.79. The minimum atomic E-state index is -0.271. The number of nitrogens with one attached hydrogen (secondary N) is 2. The monoisotopic (exact) mass is 370 g/mol. The van der Waals surface area contributed by atoms with Crippen molar-refractivity contribution in [2.24, 2.45) is 0 Å². The molecule has 1 heterocycles. The third-order valence-corrected chi connectivity index (χ3v) is 4.79. The normalized spacial score (nSPS) is 15.4. The summed E-state index contributed by atoms with van der Waals surface area (Å²) in [7, 11) is 0. The molecule has 27 heavy (non-hydrogen) atoms. The highest BCUT2D eigenvalue weighted by Gasteiger charge is 2.16. The van der Waals surface area contributed by atoms with Crippen molar-refractivity contribution in [3.8, 4) is 0 Å². The van der Waals surface area contributed by atoms with Gasteiger partial charge in [0.1, 0.15) is 5.82 Å². The SMILES string of the molecule is O=C(NCCN1CCN(Cc2ccccc2)CC1)NCc1ccc(F)cc1. The van der Waals surface area contributed by atoms with E-state index < -0.39 is 0 Å². The highest BCUT2D eigenvalue weighted by atomic mass is 19.1. The number of benzene rings is 2. The molecule has 3 rings (SSSR count). The number of nitrogens with zero attached hydrogens (tertiary/aromatic N) is 2. The molecule has 2 aromatic carbocycles. The van der Waals surface area contributed by atoms with Gasteiger partial charge >= 0.3 is 6.03 Å². The summed E-state index contributed by atoms with van der Waals surface area (Å²) in [5, 5.41) is 5.67. The molecule has 0 radical (unpaired) electrons. The van der Waals surface area contributed by atoms with Gasteiger partial charge in [0.2, 0.25) is 0 Å². The number of rotatable bonds is 7. The van der Waals surface area contributed by atoms with Gasteiger partial charge in [-0.25, -0.2) is 9.18 Å². The second-order valence-corrected chi connectivity index (χ2v) is 6.84. The summed E-state index contributed by atoms with van der Waals surface area (Å²) < 4.78 is 12.9. The van der Waals surface area contributed by atoms with Gasteiger partial charge in [-0.1, -0.05) is 42.5 Å². The largest absolute Gasteiger partial charge is 0.337 e. The Morgan fingerprint density at radius 2 is 1.52 bits per heavy atom. The summed E-state index contributed by atoms with van der Waals surface area (Å²) >= 11 is 0. The van der Waals surface area contributed by atoms with Crippen molar-refractivity contribution in [1.82, 2.24) is 20.4 Å². The maximum Gasteiger partial charge on any atom is 0.315 e. The quantitative estimate of drug-likeness (QED) is 0.787. The molecule has 6 heteroatoms. The van der Waals surface area contributed by atoms with Gasteiger partial charge < -0.3 is 10.6 Å². The Morgan fingerprint density at radius 3 is 2.22 bits per heavy atom. The first-order valence-electron chi connectivity index (χ1n) is 9.44. The van der Waals surface area contributed by atoms with Crippen molar-refractivity contribution >= 4 is 6.03 Å². The smallest absolute Gasteiger partial charge is 0.315 e. The van der Waals surface area contributed by atoms with Crippen molar-refractivity contribution < 1.29 is 9.18 Å². The maximum absolute atomic E-state index is 12.9. The maximum atomic E-state index is 12.9. The predicted octanol–water partition coefficient (Wildman–Crippen LogP) is 2.44. The number of urea groups is 1. The van der Waals surface area contributed by atoms with Crippen LogP contribution in [0, 0.1) is 5.82 Å². The lowest BCUT2D eigenvalue weighted by Crippen LogP contribution is -2.48. The molecular weight excluding hydrogens is 343 g/mol. The number of carbonyl (C=O) groups is 1.